The van der Waals surface area contributed by atoms with Crippen LogP contribution >= 0.6 is 11.8 Å². The average Bonchev–Trinajstić information content (AvgIpc) is 3.05. The maximum absolute atomic E-state index is 12.6. The van der Waals surface area contributed by atoms with Gasteiger partial charge in [0.05, 0.1) is 0 Å². The summed E-state index contributed by atoms with van der Waals surface area (Å²) in [7, 11) is 3.93. The molecule has 1 amide bonds. The van der Waals surface area contributed by atoms with Gasteiger partial charge in [-0.15, -0.1) is 10.2 Å². The number of nitrogens with zero attached hydrogens (tertiary/aromatic N) is 6. The van der Waals surface area contributed by atoms with Crippen LogP contribution in [0.2, 0.25) is 0 Å². The van der Waals surface area contributed by atoms with Crippen LogP contribution in [0.3, 0.4) is 0 Å². The third-order valence-electron chi connectivity index (χ3n) is 5.24. The highest BCUT2D eigenvalue weighted by atomic mass is 32.2. The Balaban J connectivity index is 1.69. The monoisotopic (exact) mass is 346 g/mol. The lowest BCUT2D eigenvalue weighted by atomic mass is 9.84. The highest BCUT2D eigenvalue weighted by molar-refractivity contribution is 7.98. The summed E-state index contributed by atoms with van der Waals surface area (Å²) in [5, 5.41) is 14.1. The van der Waals surface area contributed by atoms with Gasteiger partial charge in [-0.25, -0.2) is 0 Å². The summed E-state index contributed by atoms with van der Waals surface area (Å²) < 4.78 is 3.91. The lowest BCUT2D eigenvalue weighted by Gasteiger charge is -2.34. The highest BCUT2D eigenvalue weighted by Crippen LogP contribution is 2.33. The molecule has 0 bridgehead atoms. The summed E-state index contributed by atoms with van der Waals surface area (Å²) in [4.78, 5) is 14.6. The minimum Gasteiger partial charge on any atom is -0.338 e. The molecule has 0 atom stereocenters. The van der Waals surface area contributed by atoms with Crippen LogP contribution in [0.25, 0.3) is 11.5 Å². The van der Waals surface area contributed by atoms with E-state index in [0.717, 1.165) is 48.0 Å². The van der Waals surface area contributed by atoms with Crippen molar-refractivity contribution >= 4 is 17.7 Å². The number of hydrogen-bond acceptors (Lipinski definition) is 5. The molecule has 24 heavy (non-hydrogen) atoms. The van der Waals surface area contributed by atoms with Crippen molar-refractivity contribution in [3.8, 4) is 11.5 Å². The first-order chi connectivity index (χ1) is 11.6. The molecule has 3 heterocycles. The topological polar surface area (TPSA) is 68.8 Å². The quantitative estimate of drug-likeness (QED) is 0.790. The van der Waals surface area contributed by atoms with Crippen LogP contribution in [0.1, 0.15) is 30.5 Å². The number of aryl methyl sites for hydroxylation is 1. The van der Waals surface area contributed by atoms with Gasteiger partial charge in [0.15, 0.2) is 11.0 Å². The summed E-state index contributed by atoms with van der Waals surface area (Å²) in [5.41, 5.74) is 3.19. The van der Waals surface area contributed by atoms with Gasteiger partial charge in [-0.3, -0.25) is 9.48 Å². The van der Waals surface area contributed by atoms with Crippen LogP contribution in [0, 0.1) is 5.92 Å². The maximum Gasteiger partial charge on any atom is 0.225 e. The molecule has 2 aliphatic rings. The fourth-order valence-electron chi connectivity index (χ4n) is 3.57. The van der Waals surface area contributed by atoms with E-state index in [1.165, 1.54) is 12.1 Å². The van der Waals surface area contributed by atoms with Crippen LogP contribution in [-0.2, 0) is 31.9 Å². The summed E-state index contributed by atoms with van der Waals surface area (Å²) in [5.74, 6) is 1.32. The Kier molecular flexibility index (Phi) is 3.86. The number of amides is 1. The number of thioether (sulfide) groups is 1. The van der Waals surface area contributed by atoms with Crippen LogP contribution in [0.4, 0.5) is 0 Å². The fraction of sp³-hybridized carbons (Fsp3) is 0.625. The molecule has 1 aliphatic carbocycles. The van der Waals surface area contributed by atoms with E-state index in [-0.39, 0.29) is 5.92 Å². The van der Waals surface area contributed by atoms with Crippen molar-refractivity contribution in [1.82, 2.24) is 29.4 Å². The second-order valence-electron chi connectivity index (χ2n) is 6.60. The van der Waals surface area contributed by atoms with Crippen LogP contribution in [0.15, 0.2) is 5.16 Å². The van der Waals surface area contributed by atoms with Gasteiger partial charge in [0.2, 0.25) is 5.91 Å². The third kappa shape index (κ3) is 2.35. The van der Waals surface area contributed by atoms with Gasteiger partial charge in [-0.2, -0.15) is 5.10 Å². The molecule has 0 radical (unpaired) electrons. The van der Waals surface area contributed by atoms with E-state index >= 15 is 0 Å². The van der Waals surface area contributed by atoms with Crippen molar-refractivity contribution in [2.45, 2.75) is 37.4 Å². The normalized spacial score (nSPS) is 17.7. The van der Waals surface area contributed by atoms with Gasteiger partial charge in [-0.1, -0.05) is 18.2 Å². The Labute approximate surface area is 145 Å². The second-order valence-corrected chi connectivity index (χ2v) is 7.38. The predicted molar refractivity (Wildman–Crippen MR) is 91.4 cm³/mol. The predicted octanol–water partition coefficient (Wildman–Crippen LogP) is 1.62. The number of hydrogen-bond donors (Lipinski definition) is 0. The lowest BCUT2D eigenvalue weighted by Crippen LogP contribution is -2.42. The minimum atomic E-state index is 0.240. The molecule has 128 valence electrons. The molecule has 0 saturated heterocycles. The smallest absolute Gasteiger partial charge is 0.225 e. The molecule has 8 heteroatoms. The zero-order chi connectivity index (χ0) is 16.8. The Morgan fingerprint density at radius 3 is 2.67 bits per heavy atom. The van der Waals surface area contributed by atoms with Gasteiger partial charge < -0.3 is 9.47 Å². The summed E-state index contributed by atoms with van der Waals surface area (Å²) in [6.45, 7) is 1.42. The standard InChI is InChI=1S/C16H22N6OS/c1-20-14(17-18-16(20)24-3)13-11-9-22(15(23)10-5-4-6-10)8-7-12(11)21(2)19-13/h10H,4-9H2,1-3H3. The molecule has 4 rings (SSSR count). The van der Waals surface area contributed by atoms with E-state index in [1.807, 2.05) is 34.5 Å². The molecule has 0 unspecified atom stereocenters. The Bertz CT molecular complexity index is 791. The molecule has 2 aromatic rings. The summed E-state index contributed by atoms with van der Waals surface area (Å²) in [6.07, 6.45) is 6.11. The van der Waals surface area contributed by atoms with Crippen molar-refractivity contribution in [3.05, 3.63) is 11.3 Å². The molecule has 2 aromatic heterocycles. The fourth-order valence-corrected chi connectivity index (χ4v) is 4.06. The summed E-state index contributed by atoms with van der Waals surface area (Å²) in [6, 6.07) is 0. The van der Waals surface area contributed by atoms with E-state index in [1.54, 1.807) is 11.8 Å². The molecule has 0 N–H and O–H groups in total. The van der Waals surface area contributed by atoms with Gasteiger partial charge in [0.25, 0.3) is 0 Å². The van der Waals surface area contributed by atoms with Crippen molar-refractivity contribution in [3.63, 3.8) is 0 Å². The Morgan fingerprint density at radius 2 is 2.04 bits per heavy atom. The van der Waals surface area contributed by atoms with Crippen LogP contribution < -0.4 is 0 Å². The molecule has 1 fully saturated rings. The average molecular weight is 346 g/mol. The second kappa shape index (κ2) is 5.91. The first kappa shape index (κ1) is 15.7. The first-order valence-electron chi connectivity index (χ1n) is 8.37. The van der Waals surface area contributed by atoms with E-state index < -0.39 is 0 Å². The van der Waals surface area contributed by atoms with Gasteiger partial charge in [0, 0.05) is 50.8 Å². The number of aromatic nitrogens is 5. The van der Waals surface area contributed by atoms with Gasteiger partial charge in [-0.05, 0) is 19.1 Å². The number of fused-ring (bicyclic) bond motifs is 1. The molecule has 1 saturated carbocycles. The van der Waals surface area contributed by atoms with E-state index in [2.05, 4.69) is 15.3 Å². The molecule has 7 nitrogen and oxygen atoms in total. The van der Waals surface area contributed by atoms with Crippen molar-refractivity contribution in [2.24, 2.45) is 20.0 Å². The van der Waals surface area contributed by atoms with Crippen molar-refractivity contribution < 1.29 is 4.79 Å². The Morgan fingerprint density at radius 1 is 1.25 bits per heavy atom. The number of carbonyl (C=O) groups excluding carboxylic acids is 1. The summed E-state index contributed by atoms with van der Waals surface area (Å²) >= 11 is 1.57. The molecule has 0 aromatic carbocycles. The lowest BCUT2D eigenvalue weighted by molar-refractivity contribution is -0.139. The first-order valence-corrected chi connectivity index (χ1v) is 9.60. The highest BCUT2D eigenvalue weighted by Gasteiger charge is 2.34. The minimum absolute atomic E-state index is 0.240. The van der Waals surface area contributed by atoms with Crippen LogP contribution in [-0.4, -0.2) is 48.2 Å². The number of rotatable bonds is 3. The zero-order valence-electron chi connectivity index (χ0n) is 14.3. The molecular formula is C16H22N6OS. The SMILES string of the molecule is CSc1nnc(-c2nn(C)c3c2CN(C(=O)C2CCC2)CC3)n1C. The molecule has 0 spiro atoms. The van der Waals surface area contributed by atoms with Crippen molar-refractivity contribution in [2.75, 3.05) is 12.8 Å². The zero-order valence-corrected chi connectivity index (χ0v) is 15.1. The van der Waals surface area contributed by atoms with E-state index in [0.29, 0.717) is 12.5 Å². The maximum atomic E-state index is 12.6. The third-order valence-corrected chi connectivity index (χ3v) is 5.96. The Hall–Kier alpha value is -1.83. The van der Waals surface area contributed by atoms with E-state index in [9.17, 15) is 4.79 Å². The number of carbonyl (C=O) groups is 1. The van der Waals surface area contributed by atoms with Gasteiger partial charge in [0.1, 0.15) is 5.69 Å². The van der Waals surface area contributed by atoms with E-state index in [4.69, 9.17) is 0 Å². The largest absolute Gasteiger partial charge is 0.338 e. The molecule has 1 aliphatic heterocycles. The van der Waals surface area contributed by atoms with Crippen LogP contribution in [0.5, 0.6) is 0 Å². The van der Waals surface area contributed by atoms with Crippen molar-refractivity contribution in [1.29, 1.82) is 0 Å². The van der Waals surface area contributed by atoms with Gasteiger partial charge >= 0.3 is 0 Å². The molecular weight excluding hydrogens is 324 g/mol.